The van der Waals surface area contributed by atoms with Crippen molar-refractivity contribution in [3.8, 4) is 0 Å². The molecule has 0 aromatic carbocycles. The topological polar surface area (TPSA) is 9.23 Å². The van der Waals surface area contributed by atoms with Crippen LogP contribution in [0.5, 0.6) is 0 Å². The second kappa shape index (κ2) is 9.87. The SMILES string of the molecule is CCCC(C)C(CC)(CC)OC(CC)(CC)C(C)CCC. The lowest BCUT2D eigenvalue weighted by molar-refractivity contribution is -0.209. The van der Waals surface area contributed by atoms with E-state index in [0.717, 1.165) is 25.7 Å². The quantitative estimate of drug-likeness (QED) is 0.377. The first-order valence-electron chi connectivity index (χ1n) is 9.61. The maximum absolute atomic E-state index is 7.05. The number of hydrogen-bond acceptors (Lipinski definition) is 1. The van der Waals surface area contributed by atoms with Crippen LogP contribution in [0.2, 0.25) is 0 Å². The van der Waals surface area contributed by atoms with Crippen LogP contribution in [-0.2, 0) is 4.74 Å². The van der Waals surface area contributed by atoms with Crippen molar-refractivity contribution < 1.29 is 4.74 Å². The first-order valence-corrected chi connectivity index (χ1v) is 9.61. The van der Waals surface area contributed by atoms with Crippen LogP contribution in [-0.4, -0.2) is 11.2 Å². The zero-order chi connectivity index (χ0) is 16.5. The van der Waals surface area contributed by atoms with Crippen molar-refractivity contribution in [2.24, 2.45) is 11.8 Å². The minimum absolute atomic E-state index is 0.0596. The van der Waals surface area contributed by atoms with Gasteiger partial charge in [0.05, 0.1) is 11.2 Å². The Balaban J connectivity index is 5.40. The van der Waals surface area contributed by atoms with Crippen molar-refractivity contribution in [3.63, 3.8) is 0 Å². The van der Waals surface area contributed by atoms with Gasteiger partial charge in [-0.25, -0.2) is 0 Å². The first kappa shape index (κ1) is 21.0. The van der Waals surface area contributed by atoms with Crippen molar-refractivity contribution in [1.82, 2.24) is 0 Å². The third kappa shape index (κ3) is 4.98. The first-order chi connectivity index (χ1) is 9.91. The maximum atomic E-state index is 7.05. The molecule has 0 aliphatic heterocycles. The van der Waals surface area contributed by atoms with Crippen LogP contribution in [0.3, 0.4) is 0 Å². The van der Waals surface area contributed by atoms with E-state index < -0.39 is 0 Å². The minimum atomic E-state index is 0.0596. The van der Waals surface area contributed by atoms with E-state index in [9.17, 15) is 0 Å². The van der Waals surface area contributed by atoms with E-state index in [0.29, 0.717) is 11.8 Å². The third-order valence-electron chi connectivity index (χ3n) is 6.04. The van der Waals surface area contributed by atoms with Crippen LogP contribution >= 0.6 is 0 Å². The van der Waals surface area contributed by atoms with E-state index in [4.69, 9.17) is 4.74 Å². The van der Waals surface area contributed by atoms with E-state index in [1.54, 1.807) is 0 Å². The van der Waals surface area contributed by atoms with Gasteiger partial charge in [0.2, 0.25) is 0 Å². The molecule has 0 saturated carbocycles. The van der Waals surface area contributed by atoms with Crippen LogP contribution in [0.15, 0.2) is 0 Å². The molecule has 0 fully saturated rings. The van der Waals surface area contributed by atoms with Gasteiger partial charge in [0.15, 0.2) is 0 Å². The van der Waals surface area contributed by atoms with Gasteiger partial charge < -0.3 is 4.74 Å². The van der Waals surface area contributed by atoms with E-state index >= 15 is 0 Å². The molecule has 1 heteroatoms. The van der Waals surface area contributed by atoms with E-state index in [1.807, 2.05) is 0 Å². The highest BCUT2D eigenvalue weighted by Gasteiger charge is 2.43. The average molecular weight is 299 g/mol. The summed E-state index contributed by atoms with van der Waals surface area (Å²) in [6.45, 7) is 18.6. The molecule has 2 unspecified atom stereocenters. The summed E-state index contributed by atoms with van der Waals surface area (Å²) < 4.78 is 7.05. The molecule has 1 nitrogen and oxygen atoms in total. The van der Waals surface area contributed by atoms with Gasteiger partial charge in [-0.2, -0.15) is 0 Å². The van der Waals surface area contributed by atoms with Crippen LogP contribution in [0.25, 0.3) is 0 Å². The van der Waals surface area contributed by atoms with Crippen molar-refractivity contribution in [2.45, 2.75) is 118 Å². The Morgan fingerprint density at radius 3 is 1.10 bits per heavy atom. The molecule has 0 aliphatic carbocycles. The predicted molar refractivity (Wildman–Crippen MR) is 95.9 cm³/mol. The predicted octanol–water partition coefficient (Wildman–Crippen LogP) is 6.99. The Hall–Kier alpha value is -0.0400. The summed E-state index contributed by atoms with van der Waals surface area (Å²) >= 11 is 0. The molecule has 0 aromatic heterocycles. The van der Waals surface area contributed by atoms with Gasteiger partial charge in [-0.1, -0.05) is 68.2 Å². The summed E-state index contributed by atoms with van der Waals surface area (Å²) in [5.41, 5.74) is 0.119. The van der Waals surface area contributed by atoms with Gasteiger partial charge in [-0.05, 0) is 50.4 Å². The number of rotatable bonds is 12. The van der Waals surface area contributed by atoms with Crippen molar-refractivity contribution in [1.29, 1.82) is 0 Å². The van der Waals surface area contributed by atoms with E-state index in [2.05, 4.69) is 55.4 Å². The molecule has 21 heavy (non-hydrogen) atoms. The number of hydrogen-bond donors (Lipinski definition) is 0. The normalized spacial score (nSPS) is 16.0. The van der Waals surface area contributed by atoms with Crippen LogP contribution < -0.4 is 0 Å². The summed E-state index contributed by atoms with van der Waals surface area (Å²) in [7, 11) is 0. The lowest BCUT2D eigenvalue weighted by atomic mass is 9.76. The third-order valence-corrected chi connectivity index (χ3v) is 6.04. The Labute approximate surface area is 135 Å². The molecule has 0 aliphatic rings. The highest BCUT2D eigenvalue weighted by molar-refractivity contribution is 4.92. The summed E-state index contributed by atoms with van der Waals surface area (Å²) in [6, 6.07) is 0. The summed E-state index contributed by atoms with van der Waals surface area (Å²) in [5.74, 6) is 1.28. The van der Waals surface area contributed by atoms with Gasteiger partial charge in [0.1, 0.15) is 0 Å². The van der Waals surface area contributed by atoms with Gasteiger partial charge in [-0.15, -0.1) is 0 Å². The molecule has 0 rings (SSSR count). The molecule has 0 saturated heterocycles. The second-order valence-electron chi connectivity index (χ2n) is 7.03. The van der Waals surface area contributed by atoms with E-state index in [1.165, 1.54) is 25.7 Å². The highest BCUT2D eigenvalue weighted by atomic mass is 16.5. The molecule has 0 bridgehead atoms. The Morgan fingerprint density at radius 2 is 0.905 bits per heavy atom. The lowest BCUT2D eigenvalue weighted by Crippen LogP contribution is -2.50. The zero-order valence-corrected chi connectivity index (χ0v) is 16.2. The van der Waals surface area contributed by atoms with Gasteiger partial charge in [-0.3, -0.25) is 0 Å². The average Bonchev–Trinajstić information content (AvgIpc) is 2.50. The van der Waals surface area contributed by atoms with Crippen molar-refractivity contribution >= 4 is 0 Å². The second-order valence-corrected chi connectivity index (χ2v) is 7.03. The molecule has 0 radical (unpaired) electrons. The van der Waals surface area contributed by atoms with Gasteiger partial charge in [0.25, 0.3) is 0 Å². The van der Waals surface area contributed by atoms with Crippen LogP contribution in [0, 0.1) is 11.8 Å². The molecule has 0 N–H and O–H groups in total. The standard InChI is InChI=1S/C20H42O/c1-9-15-17(7)19(11-3,12-4)21-20(13-5,14-6)18(8)16-10-2/h17-18H,9-16H2,1-8H3. The molecule has 128 valence electrons. The van der Waals surface area contributed by atoms with Gasteiger partial charge >= 0.3 is 0 Å². The van der Waals surface area contributed by atoms with E-state index in [-0.39, 0.29) is 11.2 Å². The maximum Gasteiger partial charge on any atom is 0.0710 e. The van der Waals surface area contributed by atoms with Crippen molar-refractivity contribution in [3.05, 3.63) is 0 Å². The van der Waals surface area contributed by atoms with Crippen LogP contribution in [0.4, 0.5) is 0 Å². The largest absolute Gasteiger partial charge is 0.368 e. The van der Waals surface area contributed by atoms with Gasteiger partial charge in [0, 0.05) is 0 Å². The fourth-order valence-corrected chi connectivity index (χ4v) is 4.18. The Kier molecular flexibility index (Phi) is 9.85. The fraction of sp³-hybridized carbons (Fsp3) is 1.00. The summed E-state index contributed by atoms with van der Waals surface area (Å²) in [6.07, 6.45) is 9.57. The van der Waals surface area contributed by atoms with Crippen LogP contribution in [0.1, 0.15) is 107 Å². The molecule has 0 heterocycles. The Morgan fingerprint density at radius 1 is 0.619 bits per heavy atom. The summed E-state index contributed by atoms with van der Waals surface area (Å²) in [4.78, 5) is 0. The Bertz CT molecular complexity index is 225. The smallest absolute Gasteiger partial charge is 0.0710 e. The highest BCUT2D eigenvalue weighted by Crippen LogP contribution is 2.43. The molecular formula is C20H42O. The summed E-state index contributed by atoms with van der Waals surface area (Å²) in [5, 5.41) is 0. The monoisotopic (exact) mass is 298 g/mol. The number of ether oxygens (including phenoxy) is 1. The fourth-order valence-electron chi connectivity index (χ4n) is 4.18. The zero-order valence-electron chi connectivity index (χ0n) is 16.2. The molecule has 2 atom stereocenters. The molecule has 0 spiro atoms. The molecule has 0 amide bonds. The molecule has 0 aromatic rings. The minimum Gasteiger partial charge on any atom is -0.368 e. The molecular weight excluding hydrogens is 256 g/mol. The van der Waals surface area contributed by atoms with Crippen molar-refractivity contribution in [2.75, 3.05) is 0 Å². The lowest BCUT2D eigenvalue weighted by Gasteiger charge is -2.49.